The first-order valence-corrected chi connectivity index (χ1v) is 9.47. The fourth-order valence-electron chi connectivity index (χ4n) is 3.99. The number of rotatable bonds is 7. The molecule has 1 aromatic rings. The second kappa shape index (κ2) is 8.88. The third-order valence-electron chi connectivity index (χ3n) is 5.52. The van der Waals surface area contributed by atoms with Crippen molar-refractivity contribution in [3.05, 3.63) is 23.8 Å². The Morgan fingerprint density at radius 3 is 2.64 bits per heavy atom. The van der Waals surface area contributed by atoms with Gasteiger partial charge in [0.2, 0.25) is 0 Å². The van der Waals surface area contributed by atoms with Crippen molar-refractivity contribution in [3.8, 4) is 11.5 Å². The number of hydrogen-bond acceptors (Lipinski definition) is 5. The van der Waals surface area contributed by atoms with Gasteiger partial charge in [-0.25, -0.2) is 0 Å². The van der Waals surface area contributed by atoms with Gasteiger partial charge in [-0.3, -0.25) is 0 Å². The predicted molar refractivity (Wildman–Crippen MR) is 99.5 cm³/mol. The number of methoxy groups -OCH3 is 2. The van der Waals surface area contributed by atoms with Crippen molar-refractivity contribution in [2.24, 2.45) is 5.92 Å². The van der Waals surface area contributed by atoms with Gasteiger partial charge < -0.3 is 24.4 Å². The van der Waals surface area contributed by atoms with E-state index in [2.05, 4.69) is 23.2 Å². The number of piperidine rings is 1. The van der Waals surface area contributed by atoms with Gasteiger partial charge in [0.25, 0.3) is 0 Å². The van der Waals surface area contributed by atoms with Gasteiger partial charge in [-0.1, -0.05) is 6.07 Å². The summed E-state index contributed by atoms with van der Waals surface area (Å²) in [5.41, 5.74) is 1.19. The summed E-state index contributed by atoms with van der Waals surface area (Å²) in [6, 6.07) is 6.89. The summed E-state index contributed by atoms with van der Waals surface area (Å²) in [6.07, 6.45) is 3.64. The van der Waals surface area contributed by atoms with E-state index in [1.54, 1.807) is 14.2 Å². The van der Waals surface area contributed by atoms with E-state index in [-0.39, 0.29) is 6.04 Å². The second-order valence-corrected chi connectivity index (χ2v) is 7.30. The lowest BCUT2D eigenvalue weighted by Crippen LogP contribution is -2.44. The van der Waals surface area contributed by atoms with Crippen molar-refractivity contribution in [1.29, 1.82) is 0 Å². The standard InChI is InChI=1S/C20H32N2O3/c1-15(19-5-4-18(23-2)12-20(19)24-3)21-17-6-9-22(10-7-17)13-16-8-11-25-14-16/h4-5,12,15-17,21H,6-11,13-14H2,1-3H3/t15-,16+/m1/s1. The lowest BCUT2D eigenvalue weighted by atomic mass is 9.99. The molecular formula is C20H32N2O3. The van der Waals surface area contributed by atoms with Crippen molar-refractivity contribution >= 4 is 0 Å². The largest absolute Gasteiger partial charge is 0.497 e. The highest BCUT2D eigenvalue weighted by molar-refractivity contribution is 5.42. The molecule has 1 aromatic carbocycles. The van der Waals surface area contributed by atoms with Gasteiger partial charge in [-0.15, -0.1) is 0 Å². The van der Waals surface area contributed by atoms with E-state index in [1.165, 1.54) is 44.5 Å². The molecule has 2 atom stereocenters. The fraction of sp³-hybridized carbons (Fsp3) is 0.700. The van der Waals surface area contributed by atoms with Crippen LogP contribution in [0.1, 0.15) is 37.8 Å². The molecule has 0 radical (unpaired) electrons. The monoisotopic (exact) mass is 348 g/mol. The average molecular weight is 348 g/mol. The molecule has 5 heteroatoms. The maximum atomic E-state index is 5.55. The normalized spacial score (nSPS) is 23.6. The zero-order valence-corrected chi connectivity index (χ0v) is 15.8. The Kier molecular flexibility index (Phi) is 6.57. The molecule has 3 rings (SSSR count). The van der Waals surface area contributed by atoms with Gasteiger partial charge in [0.1, 0.15) is 11.5 Å². The van der Waals surface area contributed by atoms with Crippen LogP contribution in [0, 0.1) is 5.92 Å². The minimum absolute atomic E-state index is 0.264. The molecule has 140 valence electrons. The fourth-order valence-corrected chi connectivity index (χ4v) is 3.99. The third kappa shape index (κ3) is 4.87. The molecule has 0 unspecified atom stereocenters. The molecule has 0 bridgehead atoms. The average Bonchev–Trinajstić information content (AvgIpc) is 3.15. The molecular weight excluding hydrogens is 316 g/mol. The van der Waals surface area contributed by atoms with Gasteiger partial charge in [0.05, 0.1) is 20.8 Å². The number of hydrogen-bond donors (Lipinski definition) is 1. The first kappa shape index (κ1) is 18.5. The number of nitrogens with one attached hydrogen (secondary N) is 1. The molecule has 25 heavy (non-hydrogen) atoms. The molecule has 2 heterocycles. The molecule has 2 fully saturated rings. The molecule has 2 aliphatic heterocycles. The molecule has 1 N–H and O–H groups in total. The number of benzene rings is 1. The minimum Gasteiger partial charge on any atom is -0.497 e. The molecule has 0 aliphatic carbocycles. The number of ether oxygens (including phenoxy) is 3. The maximum Gasteiger partial charge on any atom is 0.127 e. The molecule has 0 spiro atoms. The van der Waals surface area contributed by atoms with Crippen molar-refractivity contribution in [2.45, 2.75) is 38.3 Å². The Morgan fingerprint density at radius 1 is 1.20 bits per heavy atom. The van der Waals surface area contributed by atoms with Crippen LogP contribution < -0.4 is 14.8 Å². The first-order chi connectivity index (χ1) is 12.2. The van der Waals surface area contributed by atoms with E-state index >= 15 is 0 Å². The van der Waals surface area contributed by atoms with Gasteiger partial charge in [0.15, 0.2) is 0 Å². The summed E-state index contributed by atoms with van der Waals surface area (Å²) in [6.45, 7) is 7.68. The van der Waals surface area contributed by atoms with Crippen molar-refractivity contribution in [3.63, 3.8) is 0 Å². The Labute approximate surface area is 151 Å². The van der Waals surface area contributed by atoms with Crippen LogP contribution in [0.2, 0.25) is 0 Å². The smallest absolute Gasteiger partial charge is 0.127 e. The highest BCUT2D eigenvalue weighted by Crippen LogP contribution is 2.30. The molecule has 0 saturated carbocycles. The van der Waals surface area contributed by atoms with Crippen LogP contribution in [-0.4, -0.2) is 58.0 Å². The summed E-state index contributed by atoms with van der Waals surface area (Å²) in [7, 11) is 3.40. The Bertz CT molecular complexity index is 538. The zero-order valence-electron chi connectivity index (χ0n) is 15.8. The Morgan fingerprint density at radius 2 is 2.00 bits per heavy atom. The summed E-state index contributed by atoms with van der Waals surface area (Å²) < 4.78 is 16.3. The maximum absolute atomic E-state index is 5.55. The summed E-state index contributed by atoms with van der Waals surface area (Å²) in [4.78, 5) is 2.61. The van der Waals surface area contributed by atoms with Gasteiger partial charge in [0, 0.05) is 36.9 Å². The molecule has 0 aromatic heterocycles. The van der Waals surface area contributed by atoms with Crippen molar-refractivity contribution in [1.82, 2.24) is 10.2 Å². The summed E-state index contributed by atoms with van der Waals surface area (Å²) in [5, 5.41) is 3.79. The van der Waals surface area contributed by atoms with E-state index in [9.17, 15) is 0 Å². The lowest BCUT2D eigenvalue weighted by Gasteiger charge is -2.35. The number of likely N-dealkylation sites (tertiary alicyclic amines) is 1. The van der Waals surface area contributed by atoms with Crippen LogP contribution in [0.4, 0.5) is 0 Å². The predicted octanol–water partition coefficient (Wildman–Crippen LogP) is 2.86. The summed E-state index contributed by atoms with van der Waals surface area (Å²) in [5.74, 6) is 2.46. The van der Waals surface area contributed by atoms with Crippen LogP contribution in [0.15, 0.2) is 18.2 Å². The molecule has 2 aliphatic rings. The van der Waals surface area contributed by atoms with Crippen molar-refractivity contribution < 1.29 is 14.2 Å². The van der Waals surface area contributed by atoms with E-state index < -0.39 is 0 Å². The molecule has 5 nitrogen and oxygen atoms in total. The SMILES string of the molecule is COc1ccc([C@@H](C)NC2CCN(C[C@@H]3CCOC3)CC2)c(OC)c1. The van der Waals surface area contributed by atoms with E-state index in [0.717, 1.165) is 30.6 Å². The van der Waals surface area contributed by atoms with Crippen LogP contribution in [0.5, 0.6) is 11.5 Å². The van der Waals surface area contributed by atoms with Crippen LogP contribution in [-0.2, 0) is 4.74 Å². The minimum atomic E-state index is 0.264. The Hall–Kier alpha value is -1.30. The zero-order chi connectivity index (χ0) is 17.6. The van der Waals surface area contributed by atoms with Gasteiger partial charge in [-0.2, -0.15) is 0 Å². The van der Waals surface area contributed by atoms with E-state index in [1.807, 2.05) is 12.1 Å². The molecule has 0 amide bonds. The quantitative estimate of drug-likeness (QED) is 0.821. The third-order valence-corrected chi connectivity index (χ3v) is 5.52. The summed E-state index contributed by atoms with van der Waals surface area (Å²) >= 11 is 0. The highest BCUT2D eigenvalue weighted by Gasteiger charge is 2.25. The van der Waals surface area contributed by atoms with Crippen LogP contribution >= 0.6 is 0 Å². The van der Waals surface area contributed by atoms with E-state index in [4.69, 9.17) is 14.2 Å². The van der Waals surface area contributed by atoms with Crippen LogP contribution in [0.3, 0.4) is 0 Å². The topological polar surface area (TPSA) is 43.0 Å². The van der Waals surface area contributed by atoms with Crippen LogP contribution in [0.25, 0.3) is 0 Å². The highest BCUT2D eigenvalue weighted by atomic mass is 16.5. The van der Waals surface area contributed by atoms with Crippen molar-refractivity contribution in [2.75, 3.05) is 47.1 Å². The van der Waals surface area contributed by atoms with Gasteiger partial charge in [-0.05, 0) is 51.3 Å². The second-order valence-electron chi connectivity index (χ2n) is 7.30. The van der Waals surface area contributed by atoms with Gasteiger partial charge >= 0.3 is 0 Å². The Balaban J connectivity index is 1.49. The number of nitrogens with zero attached hydrogens (tertiary/aromatic N) is 1. The first-order valence-electron chi connectivity index (χ1n) is 9.47. The molecule has 2 saturated heterocycles. The van der Waals surface area contributed by atoms with E-state index in [0.29, 0.717) is 6.04 Å². The lowest BCUT2D eigenvalue weighted by molar-refractivity contribution is 0.145.